The Morgan fingerprint density at radius 3 is 2.38 bits per heavy atom. The molecule has 2 amide bonds. The lowest BCUT2D eigenvalue weighted by atomic mass is 10.0. The molecule has 0 aromatic heterocycles. The van der Waals surface area contributed by atoms with Gasteiger partial charge < -0.3 is 10.1 Å². The van der Waals surface area contributed by atoms with Crippen LogP contribution in [-0.2, 0) is 14.8 Å². The monoisotopic (exact) mass is 485 g/mol. The largest absolute Gasteiger partial charge is 0.497 e. The Kier molecular flexibility index (Phi) is 7.53. The van der Waals surface area contributed by atoms with Crippen molar-refractivity contribution < 1.29 is 22.7 Å². The van der Waals surface area contributed by atoms with Gasteiger partial charge in [0.05, 0.1) is 24.6 Å². The van der Waals surface area contributed by atoms with Crippen LogP contribution in [0.1, 0.15) is 54.1 Å². The first-order chi connectivity index (χ1) is 16.4. The van der Waals surface area contributed by atoms with E-state index in [2.05, 4.69) is 10.2 Å². The summed E-state index contributed by atoms with van der Waals surface area (Å²) in [5, 5.41) is 3.03. The average molecular weight is 486 g/mol. The van der Waals surface area contributed by atoms with Crippen molar-refractivity contribution in [2.45, 2.75) is 38.1 Å². The van der Waals surface area contributed by atoms with E-state index in [0.29, 0.717) is 12.1 Å². The van der Waals surface area contributed by atoms with Gasteiger partial charge >= 0.3 is 0 Å². The number of methoxy groups -OCH3 is 1. The van der Waals surface area contributed by atoms with Crippen molar-refractivity contribution in [1.82, 2.24) is 10.2 Å². The summed E-state index contributed by atoms with van der Waals surface area (Å²) in [5.41, 5.74) is 1.62. The molecular formula is C25H31N3O5S. The van der Waals surface area contributed by atoms with Gasteiger partial charge in [-0.15, -0.1) is 0 Å². The number of carbonyl (C=O) groups excluding carboxylic acids is 2. The highest BCUT2D eigenvalue weighted by Gasteiger charge is 2.36. The van der Waals surface area contributed by atoms with Gasteiger partial charge in [0.25, 0.3) is 5.91 Å². The van der Waals surface area contributed by atoms with E-state index >= 15 is 0 Å². The first-order valence-corrected chi connectivity index (χ1v) is 13.3. The van der Waals surface area contributed by atoms with Crippen LogP contribution in [0.4, 0.5) is 5.69 Å². The molecule has 0 radical (unpaired) electrons. The van der Waals surface area contributed by atoms with Gasteiger partial charge in [-0.1, -0.05) is 31.0 Å². The minimum atomic E-state index is -3.68. The predicted molar refractivity (Wildman–Crippen MR) is 130 cm³/mol. The predicted octanol–water partition coefficient (Wildman–Crippen LogP) is 3.11. The van der Waals surface area contributed by atoms with Crippen LogP contribution >= 0.6 is 0 Å². The molecule has 4 rings (SSSR count). The molecule has 2 aliphatic heterocycles. The maximum Gasteiger partial charge on any atom is 0.251 e. The standard InChI is InChI=1S/C25H31N3O5S/c1-33-22-11-9-19(10-12-22)23(27-14-4-2-3-5-15-27)18-26-25(30)20-7-6-8-21(17-20)28-24(29)13-16-34(28,31)32/h6-12,17,23H,2-5,13-16,18H2,1H3,(H,26,30)/t23-/m1/s1. The Labute approximate surface area is 200 Å². The number of amides is 2. The van der Waals surface area contributed by atoms with Crippen molar-refractivity contribution in [2.75, 3.05) is 36.8 Å². The van der Waals surface area contributed by atoms with Crippen molar-refractivity contribution in [2.24, 2.45) is 0 Å². The van der Waals surface area contributed by atoms with Crippen LogP contribution in [0.2, 0.25) is 0 Å². The number of rotatable bonds is 7. The van der Waals surface area contributed by atoms with Gasteiger partial charge in [0.2, 0.25) is 15.9 Å². The lowest BCUT2D eigenvalue weighted by molar-refractivity contribution is -0.116. The number of anilines is 1. The molecule has 0 unspecified atom stereocenters. The first-order valence-electron chi connectivity index (χ1n) is 11.7. The zero-order valence-corrected chi connectivity index (χ0v) is 20.2. The molecule has 2 fully saturated rings. The number of hydrogen-bond donors (Lipinski definition) is 1. The van der Waals surface area contributed by atoms with E-state index in [4.69, 9.17) is 4.74 Å². The van der Waals surface area contributed by atoms with Gasteiger partial charge in [0, 0.05) is 18.5 Å². The van der Waals surface area contributed by atoms with Gasteiger partial charge in [0.1, 0.15) is 5.75 Å². The maximum absolute atomic E-state index is 13.0. The number of benzene rings is 2. The molecule has 34 heavy (non-hydrogen) atoms. The number of ether oxygens (including phenoxy) is 1. The molecule has 0 saturated carbocycles. The second-order valence-electron chi connectivity index (χ2n) is 8.72. The number of sulfonamides is 1. The molecule has 2 aliphatic rings. The fourth-order valence-electron chi connectivity index (χ4n) is 4.62. The summed E-state index contributed by atoms with van der Waals surface area (Å²) in [6.45, 7) is 2.35. The van der Waals surface area contributed by atoms with Crippen molar-refractivity contribution in [1.29, 1.82) is 0 Å². The lowest BCUT2D eigenvalue weighted by Gasteiger charge is -2.31. The minimum absolute atomic E-state index is 0.0108. The summed E-state index contributed by atoms with van der Waals surface area (Å²) >= 11 is 0. The molecule has 8 nitrogen and oxygen atoms in total. The third kappa shape index (κ3) is 5.42. The van der Waals surface area contributed by atoms with E-state index in [-0.39, 0.29) is 29.8 Å². The average Bonchev–Trinajstić information content (AvgIpc) is 3.00. The minimum Gasteiger partial charge on any atom is -0.497 e. The van der Waals surface area contributed by atoms with Crippen molar-refractivity contribution in [3.05, 3.63) is 59.7 Å². The van der Waals surface area contributed by atoms with Gasteiger partial charge in [-0.25, -0.2) is 12.7 Å². The van der Waals surface area contributed by atoms with E-state index in [1.807, 2.05) is 24.3 Å². The Bertz CT molecular complexity index is 1130. The molecule has 2 aromatic carbocycles. The molecule has 2 aromatic rings. The van der Waals surface area contributed by atoms with Crippen molar-refractivity contribution >= 4 is 27.5 Å². The van der Waals surface area contributed by atoms with Crippen LogP contribution in [0.3, 0.4) is 0 Å². The van der Waals surface area contributed by atoms with E-state index in [1.165, 1.54) is 25.0 Å². The van der Waals surface area contributed by atoms with Crippen LogP contribution in [-0.4, -0.2) is 57.6 Å². The second kappa shape index (κ2) is 10.6. The molecule has 0 bridgehead atoms. The van der Waals surface area contributed by atoms with E-state index in [1.54, 1.807) is 19.2 Å². The molecule has 0 aliphatic carbocycles. The van der Waals surface area contributed by atoms with Crippen LogP contribution in [0.25, 0.3) is 0 Å². The Hall–Kier alpha value is -2.91. The first kappa shape index (κ1) is 24.2. The molecule has 2 saturated heterocycles. The highest BCUT2D eigenvalue weighted by molar-refractivity contribution is 7.94. The molecule has 9 heteroatoms. The Morgan fingerprint density at radius 2 is 1.76 bits per heavy atom. The number of carbonyl (C=O) groups is 2. The van der Waals surface area contributed by atoms with Crippen LogP contribution in [0, 0.1) is 0 Å². The van der Waals surface area contributed by atoms with Crippen LogP contribution < -0.4 is 14.4 Å². The summed E-state index contributed by atoms with van der Waals surface area (Å²) in [4.78, 5) is 27.6. The molecule has 182 valence electrons. The van der Waals surface area contributed by atoms with Crippen molar-refractivity contribution in [3.63, 3.8) is 0 Å². The third-order valence-corrected chi connectivity index (χ3v) is 8.15. The molecule has 1 atom stereocenters. The second-order valence-corrected chi connectivity index (χ2v) is 10.7. The highest BCUT2D eigenvalue weighted by atomic mass is 32.2. The number of hydrogen-bond acceptors (Lipinski definition) is 6. The SMILES string of the molecule is COc1ccc([C@@H](CNC(=O)c2cccc(N3C(=O)CCS3(=O)=O)c2)N2CCCCCC2)cc1. The number of nitrogens with zero attached hydrogens (tertiary/aromatic N) is 2. The van der Waals surface area contributed by atoms with Gasteiger partial charge in [-0.05, 0) is 61.8 Å². The molecular weight excluding hydrogens is 454 g/mol. The van der Waals surface area contributed by atoms with Crippen LogP contribution in [0.15, 0.2) is 48.5 Å². The summed E-state index contributed by atoms with van der Waals surface area (Å²) in [6.07, 6.45) is 4.63. The summed E-state index contributed by atoms with van der Waals surface area (Å²) in [5.74, 6) is -0.204. The normalized spacial score (nSPS) is 19.4. The lowest BCUT2D eigenvalue weighted by Crippen LogP contribution is -2.38. The zero-order valence-electron chi connectivity index (χ0n) is 19.4. The van der Waals surface area contributed by atoms with E-state index in [0.717, 1.165) is 41.5 Å². The fourth-order valence-corrected chi connectivity index (χ4v) is 6.08. The summed E-state index contributed by atoms with van der Waals surface area (Å²) in [6, 6.07) is 14.2. The maximum atomic E-state index is 13.0. The third-order valence-electron chi connectivity index (χ3n) is 6.46. The summed E-state index contributed by atoms with van der Waals surface area (Å²) in [7, 11) is -2.05. The van der Waals surface area contributed by atoms with Gasteiger partial charge in [0.15, 0.2) is 0 Å². The Balaban J connectivity index is 1.52. The fraction of sp³-hybridized carbons (Fsp3) is 0.440. The molecule has 2 heterocycles. The van der Waals surface area contributed by atoms with Gasteiger partial charge in [-0.2, -0.15) is 0 Å². The van der Waals surface area contributed by atoms with E-state index < -0.39 is 15.9 Å². The van der Waals surface area contributed by atoms with Crippen molar-refractivity contribution in [3.8, 4) is 5.75 Å². The quantitative estimate of drug-likeness (QED) is 0.648. The topological polar surface area (TPSA) is 96.0 Å². The zero-order chi connectivity index (χ0) is 24.1. The number of nitrogens with one attached hydrogen (secondary N) is 1. The van der Waals surface area contributed by atoms with Crippen LogP contribution in [0.5, 0.6) is 5.75 Å². The Morgan fingerprint density at radius 1 is 1.06 bits per heavy atom. The smallest absolute Gasteiger partial charge is 0.251 e. The van der Waals surface area contributed by atoms with Gasteiger partial charge in [-0.3, -0.25) is 14.5 Å². The summed E-state index contributed by atoms with van der Waals surface area (Å²) < 4.78 is 30.6. The molecule has 0 spiro atoms. The number of likely N-dealkylation sites (tertiary alicyclic amines) is 1. The van der Waals surface area contributed by atoms with E-state index in [9.17, 15) is 18.0 Å². The highest BCUT2D eigenvalue weighted by Crippen LogP contribution is 2.27. The molecule has 1 N–H and O–H groups in total.